The molecule has 0 spiro atoms. The van der Waals surface area contributed by atoms with Gasteiger partial charge in [-0.25, -0.2) is 9.97 Å². The maximum Gasteiger partial charge on any atom is 0.131 e. The maximum atomic E-state index is 4.25. The van der Waals surface area contributed by atoms with E-state index in [2.05, 4.69) is 41.4 Å². The van der Waals surface area contributed by atoms with Gasteiger partial charge in [-0.3, -0.25) is 5.10 Å². The molecule has 2 heterocycles. The molecule has 2 aromatic heterocycles. The Morgan fingerprint density at radius 3 is 3.00 bits per heavy atom. The molecule has 5 nitrogen and oxygen atoms in total. The lowest BCUT2D eigenvalue weighted by atomic mass is 10.3. The van der Waals surface area contributed by atoms with Crippen LogP contribution in [0.25, 0.3) is 0 Å². The Morgan fingerprint density at radius 1 is 1.47 bits per heavy atom. The van der Waals surface area contributed by atoms with Gasteiger partial charge in [0.2, 0.25) is 0 Å². The van der Waals surface area contributed by atoms with Crippen LogP contribution in [0.1, 0.15) is 11.4 Å². The van der Waals surface area contributed by atoms with Crippen molar-refractivity contribution in [3.05, 3.63) is 34.5 Å². The molecule has 0 aromatic carbocycles. The Bertz CT molecular complexity index is 420. The summed E-state index contributed by atoms with van der Waals surface area (Å²) in [5.74, 6) is 1.54. The van der Waals surface area contributed by atoms with E-state index in [0.29, 0.717) is 6.54 Å². The lowest BCUT2D eigenvalue weighted by Gasteiger charge is -2.04. The molecule has 0 saturated carbocycles. The normalized spacial score (nSPS) is 10.3. The van der Waals surface area contributed by atoms with Gasteiger partial charge in [-0.15, -0.1) is 0 Å². The van der Waals surface area contributed by atoms with Crippen molar-refractivity contribution in [2.75, 3.05) is 5.32 Å². The Morgan fingerprint density at radius 2 is 2.33 bits per heavy atom. The first-order valence-electron chi connectivity index (χ1n) is 4.47. The van der Waals surface area contributed by atoms with Crippen molar-refractivity contribution in [2.45, 2.75) is 13.5 Å². The van der Waals surface area contributed by atoms with E-state index in [1.54, 1.807) is 6.20 Å². The summed E-state index contributed by atoms with van der Waals surface area (Å²) in [6.07, 6.45) is 3.62. The molecular formula is C9H10BrN5. The number of rotatable bonds is 3. The number of aromatic amines is 1. The van der Waals surface area contributed by atoms with Gasteiger partial charge in [0.05, 0.1) is 6.20 Å². The van der Waals surface area contributed by atoms with Crippen LogP contribution >= 0.6 is 15.9 Å². The molecule has 2 rings (SSSR count). The molecule has 78 valence electrons. The van der Waals surface area contributed by atoms with Crippen LogP contribution in [0.3, 0.4) is 0 Å². The molecular weight excluding hydrogens is 258 g/mol. The molecule has 0 aliphatic carbocycles. The Kier molecular flexibility index (Phi) is 2.96. The number of nitrogens with zero attached hydrogens (tertiary/aromatic N) is 3. The zero-order valence-electron chi connectivity index (χ0n) is 8.16. The summed E-state index contributed by atoms with van der Waals surface area (Å²) in [4.78, 5) is 8.38. The lowest BCUT2D eigenvalue weighted by Crippen LogP contribution is -2.02. The maximum absolute atomic E-state index is 4.25. The molecule has 6 heteroatoms. The van der Waals surface area contributed by atoms with E-state index in [-0.39, 0.29) is 0 Å². The highest BCUT2D eigenvalue weighted by Crippen LogP contribution is 2.12. The molecule has 2 aromatic rings. The quantitative estimate of drug-likeness (QED) is 0.834. The minimum Gasteiger partial charge on any atom is -0.366 e. The predicted octanol–water partition coefficient (Wildman–Crippen LogP) is 1.88. The van der Waals surface area contributed by atoms with Crippen molar-refractivity contribution in [3.63, 3.8) is 0 Å². The van der Waals surface area contributed by atoms with Crippen LogP contribution in [0.5, 0.6) is 0 Å². The zero-order valence-corrected chi connectivity index (χ0v) is 9.74. The largest absolute Gasteiger partial charge is 0.366 e. The van der Waals surface area contributed by atoms with Gasteiger partial charge in [0, 0.05) is 24.4 Å². The number of nitrogens with one attached hydrogen (secondary N) is 2. The van der Waals surface area contributed by atoms with E-state index < -0.39 is 0 Å². The standard InChI is InChI=1S/C9H10BrN5/c1-6-14-8(10)2-9(15-6)11-3-7-4-12-13-5-7/h2,4-5H,3H2,1H3,(H,12,13)(H,11,14,15). The second-order valence-electron chi connectivity index (χ2n) is 3.08. The van der Waals surface area contributed by atoms with E-state index in [1.165, 1.54) is 0 Å². The molecule has 0 radical (unpaired) electrons. The summed E-state index contributed by atoms with van der Waals surface area (Å²) in [6, 6.07) is 1.84. The first-order valence-corrected chi connectivity index (χ1v) is 5.26. The highest BCUT2D eigenvalue weighted by molar-refractivity contribution is 9.10. The molecule has 0 saturated heterocycles. The summed E-state index contributed by atoms with van der Waals surface area (Å²) in [7, 11) is 0. The molecule has 0 atom stereocenters. The van der Waals surface area contributed by atoms with E-state index in [9.17, 15) is 0 Å². The third-order valence-electron chi connectivity index (χ3n) is 1.84. The topological polar surface area (TPSA) is 66.5 Å². The number of aromatic nitrogens is 4. The van der Waals surface area contributed by atoms with Gasteiger partial charge < -0.3 is 5.32 Å². The predicted molar refractivity (Wildman–Crippen MR) is 60.4 cm³/mol. The lowest BCUT2D eigenvalue weighted by molar-refractivity contribution is 1.01. The third kappa shape index (κ3) is 2.76. The van der Waals surface area contributed by atoms with Gasteiger partial charge in [0.25, 0.3) is 0 Å². The molecule has 0 bridgehead atoms. The smallest absolute Gasteiger partial charge is 0.131 e. The number of halogens is 1. The van der Waals surface area contributed by atoms with Crippen molar-refractivity contribution in [3.8, 4) is 0 Å². The van der Waals surface area contributed by atoms with Gasteiger partial charge in [0.1, 0.15) is 16.2 Å². The second-order valence-corrected chi connectivity index (χ2v) is 3.90. The average molecular weight is 268 g/mol. The van der Waals surface area contributed by atoms with Crippen LogP contribution in [0.15, 0.2) is 23.1 Å². The Balaban J connectivity index is 2.05. The first kappa shape index (κ1) is 10.1. The second kappa shape index (κ2) is 4.39. The first-order chi connectivity index (χ1) is 7.24. The zero-order chi connectivity index (χ0) is 10.7. The number of aryl methyl sites for hydroxylation is 1. The molecule has 15 heavy (non-hydrogen) atoms. The third-order valence-corrected chi connectivity index (χ3v) is 2.24. The van der Waals surface area contributed by atoms with Crippen LogP contribution in [0, 0.1) is 6.92 Å². The summed E-state index contributed by atoms with van der Waals surface area (Å²) in [5, 5.41) is 9.81. The number of hydrogen-bond donors (Lipinski definition) is 2. The van der Waals surface area contributed by atoms with Crippen LogP contribution in [-0.4, -0.2) is 20.2 Å². The molecule has 0 aliphatic rings. The van der Waals surface area contributed by atoms with Crippen molar-refractivity contribution < 1.29 is 0 Å². The Hall–Kier alpha value is -1.43. The van der Waals surface area contributed by atoms with Crippen LogP contribution in [-0.2, 0) is 6.54 Å². The monoisotopic (exact) mass is 267 g/mol. The number of hydrogen-bond acceptors (Lipinski definition) is 4. The van der Waals surface area contributed by atoms with Crippen molar-refractivity contribution in [1.29, 1.82) is 0 Å². The van der Waals surface area contributed by atoms with Crippen LogP contribution in [0.2, 0.25) is 0 Å². The fourth-order valence-corrected chi connectivity index (χ4v) is 1.66. The van der Waals surface area contributed by atoms with Crippen molar-refractivity contribution in [2.24, 2.45) is 0 Å². The highest BCUT2D eigenvalue weighted by atomic mass is 79.9. The summed E-state index contributed by atoms with van der Waals surface area (Å²) in [5.41, 5.74) is 1.09. The fraction of sp³-hybridized carbons (Fsp3) is 0.222. The molecule has 0 fully saturated rings. The molecule has 0 aliphatic heterocycles. The number of H-pyrrole nitrogens is 1. The summed E-state index contributed by atoms with van der Waals surface area (Å²) < 4.78 is 0.782. The van der Waals surface area contributed by atoms with E-state index in [4.69, 9.17) is 0 Å². The van der Waals surface area contributed by atoms with Crippen molar-refractivity contribution in [1.82, 2.24) is 20.2 Å². The van der Waals surface area contributed by atoms with Gasteiger partial charge in [-0.05, 0) is 22.9 Å². The average Bonchev–Trinajstić information content (AvgIpc) is 2.65. The Labute approximate surface area is 95.5 Å². The van der Waals surface area contributed by atoms with Gasteiger partial charge in [-0.2, -0.15) is 5.10 Å². The van der Waals surface area contributed by atoms with Crippen LogP contribution < -0.4 is 5.32 Å². The fourth-order valence-electron chi connectivity index (χ4n) is 1.19. The minimum atomic E-state index is 0.694. The minimum absolute atomic E-state index is 0.694. The molecule has 0 unspecified atom stereocenters. The summed E-state index contributed by atoms with van der Waals surface area (Å²) in [6.45, 7) is 2.55. The SMILES string of the molecule is Cc1nc(Br)cc(NCc2cn[nH]c2)n1. The van der Waals surface area contributed by atoms with Gasteiger partial charge in [0.15, 0.2) is 0 Å². The summed E-state index contributed by atoms with van der Waals surface area (Å²) >= 11 is 3.32. The molecule has 2 N–H and O–H groups in total. The highest BCUT2D eigenvalue weighted by Gasteiger charge is 1.99. The van der Waals surface area contributed by atoms with E-state index in [0.717, 1.165) is 21.8 Å². The van der Waals surface area contributed by atoms with E-state index >= 15 is 0 Å². The van der Waals surface area contributed by atoms with Gasteiger partial charge in [-0.1, -0.05) is 0 Å². The van der Waals surface area contributed by atoms with Gasteiger partial charge >= 0.3 is 0 Å². The van der Waals surface area contributed by atoms with Crippen LogP contribution in [0.4, 0.5) is 5.82 Å². The van der Waals surface area contributed by atoms with Crippen molar-refractivity contribution >= 4 is 21.7 Å². The van der Waals surface area contributed by atoms with E-state index in [1.807, 2.05) is 19.2 Å². The number of anilines is 1. The molecule has 0 amide bonds.